The second kappa shape index (κ2) is 7.72. The van der Waals surface area contributed by atoms with Gasteiger partial charge in [0, 0.05) is 12.6 Å². The highest BCUT2D eigenvalue weighted by molar-refractivity contribution is 6.32. The second-order valence-electron chi connectivity index (χ2n) is 6.06. The van der Waals surface area contributed by atoms with Gasteiger partial charge in [0.15, 0.2) is 0 Å². The third-order valence-corrected chi connectivity index (χ3v) is 4.62. The van der Waals surface area contributed by atoms with Crippen molar-refractivity contribution in [3.8, 4) is 11.5 Å². The number of nitro groups is 1. The minimum Gasteiger partial charge on any atom is -0.480 e. The molecule has 3 rings (SSSR count). The van der Waals surface area contributed by atoms with Gasteiger partial charge >= 0.3 is 11.7 Å². The first kappa shape index (κ1) is 18.2. The Kier molecular flexibility index (Phi) is 5.39. The van der Waals surface area contributed by atoms with Gasteiger partial charge in [0.2, 0.25) is 5.75 Å². The van der Waals surface area contributed by atoms with Crippen LogP contribution in [-0.2, 0) is 11.3 Å². The van der Waals surface area contributed by atoms with E-state index in [0.717, 1.165) is 6.42 Å². The van der Waals surface area contributed by atoms with Gasteiger partial charge in [-0.1, -0.05) is 29.8 Å². The van der Waals surface area contributed by atoms with Crippen molar-refractivity contribution in [2.24, 2.45) is 0 Å². The largest absolute Gasteiger partial charge is 0.480 e. The minimum atomic E-state index is -0.865. The Balaban J connectivity index is 1.84. The normalized spacial score (nSPS) is 17.2. The number of carboxylic acid groups (broad SMARTS) is 1. The maximum Gasteiger partial charge on any atom is 0.320 e. The van der Waals surface area contributed by atoms with Gasteiger partial charge in [0.25, 0.3) is 0 Å². The van der Waals surface area contributed by atoms with Gasteiger partial charge in [0.05, 0.1) is 9.95 Å². The number of carboxylic acids is 1. The maximum absolute atomic E-state index is 11.4. The highest BCUT2D eigenvalue weighted by atomic mass is 35.5. The summed E-state index contributed by atoms with van der Waals surface area (Å²) in [6.07, 6.45) is 1.39. The number of aliphatic carboxylic acids is 1. The van der Waals surface area contributed by atoms with E-state index in [-0.39, 0.29) is 11.4 Å². The van der Waals surface area contributed by atoms with Crippen LogP contribution in [0, 0.1) is 10.1 Å². The van der Waals surface area contributed by atoms with Crippen LogP contribution in [0.3, 0.4) is 0 Å². The summed E-state index contributed by atoms with van der Waals surface area (Å²) >= 11 is 6.04. The van der Waals surface area contributed by atoms with Gasteiger partial charge < -0.3 is 9.84 Å². The smallest absolute Gasteiger partial charge is 0.320 e. The van der Waals surface area contributed by atoms with E-state index >= 15 is 0 Å². The Labute approximate surface area is 154 Å². The molecule has 1 aliphatic rings. The molecule has 1 aliphatic heterocycles. The van der Waals surface area contributed by atoms with Gasteiger partial charge in [-0.25, -0.2) is 0 Å². The Morgan fingerprint density at radius 3 is 2.77 bits per heavy atom. The molecule has 136 valence electrons. The van der Waals surface area contributed by atoms with Gasteiger partial charge in [-0.05, 0) is 43.1 Å². The van der Waals surface area contributed by atoms with Crippen molar-refractivity contribution in [1.29, 1.82) is 0 Å². The molecule has 26 heavy (non-hydrogen) atoms. The average Bonchev–Trinajstić information content (AvgIpc) is 3.06. The molecule has 0 amide bonds. The Bertz CT molecular complexity index is 842. The molecule has 0 unspecified atom stereocenters. The monoisotopic (exact) mass is 376 g/mol. The molecule has 2 aromatic carbocycles. The van der Waals surface area contributed by atoms with Gasteiger partial charge in [-0.3, -0.25) is 19.8 Å². The summed E-state index contributed by atoms with van der Waals surface area (Å²) in [6.45, 7) is 0.993. The zero-order chi connectivity index (χ0) is 18.7. The molecule has 8 heteroatoms. The Morgan fingerprint density at radius 2 is 2.08 bits per heavy atom. The number of benzene rings is 2. The van der Waals surface area contributed by atoms with Gasteiger partial charge in [0.1, 0.15) is 11.8 Å². The number of likely N-dealkylation sites (tertiary alicyclic amines) is 1. The van der Waals surface area contributed by atoms with Crippen molar-refractivity contribution in [3.05, 3.63) is 63.2 Å². The van der Waals surface area contributed by atoms with Crippen molar-refractivity contribution >= 4 is 23.3 Å². The van der Waals surface area contributed by atoms with Crippen molar-refractivity contribution in [2.45, 2.75) is 25.4 Å². The highest BCUT2D eigenvalue weighted by Crippen LogP contribution is 2.35. The summed E-state index contributed by atoms with van der Waals surface area (Å²) in [5.74, 6) is -0.450. The first-order valence-electron chi connectivity index (χ1n) is 8.12. The topological polar surface area (TPSA) is 92.9 Å². The average molecular weight is 377 g/mol. The van der Waals surface area contributed by atoms with Crippen LogP contribution in [0.4, 0.5) is 5.69 Å². The third-order valence-electron chi connectivity index (χ3n) is 4.31. The first-order chi connectivity index (χ1) is 12.5. The van der Waals surface area contributed by atoms with E-state index in [9.17, 15) is 20.0 Å². The number of carbonyl (C=O) groups is 1. The standard InChI is InChI=1S/C18H17ClN2O5/c19-13-4-1-2-6-16(13)26-17-8-7-12(10-15(17)21(24)25)11-20-9-3-5-14(20)18(22)23/h1-2,4,6-8,10,14H,3,5,9,11H2,(H,22,23)/t14-/m1/s1. The number of ether oxygens (including phenoxy) is 1. The molecular weight excluding hydrogens is 360 g/mol. The number of hydrogen-bond donors (Lipinski definition) is 1. The number of nitrogens with zero attached hydrogens (tertiary/aromatic N) is 2. The molecule has 0 radical (unpaired) electrons. The number of para-hydroxylation sites is 1. The Morgan fingerprint density at radius 1 is 1.31 bits per heavy atom. The van der Waals surface area contributed by atoms with Gasteiger partial charge in [-0.2, -0.15) is 0 Å². The van der Waals surface area contributed by atoms with Crippen LogP contribution in [0.2, 0.25) is 5.02 Å². The first-order valence-corrected chi connectivity index (χ1v) is 8.50. The SMILES string of the molecule is O=C(O)[C@H]1CCCN1Cc1ccc(Oc2ccccc2Cl)c([N+](=O)[O-])c1. The molecule has 0 aliphatic carbocycles. The number of nitro benzene ring substituents is 1. The highest BCUT2D eigenvalue weighted by Gasteiger charge is 2.30. The summed E-state index contributed by atoms with van der Waals surface area (Å²) in [5.41, 5.74) is 0.477. The molecular formula is C18H17ClN2O5. The molecule has 0 saturated carbocycles. The molecule has 0 aromatic heterocycles. The predicted octanol–water partition coefficient (Wildman–Crippen LogP) is 4.09. The lowest BCUT2D eigenvalue weighted by atomic mass is 10.1. The van der Waals surface area contributed by atoms with E-state index in [2.05, 4.69) is 0 Å². The van der Waals surface area contributed by atoms with Gasteiger partial charge in [-0.15, -0.1) is 0 Å². The quantitative estimate of drug-likeness (QED) is 0.603. The van der Waals surface area contributed by atoms with Crippen LogP contribution in [0.1, 0.15) is 18.4 Å². The van der Waals surface area contributed by atoms with Crippen molar-refractivity contribution in [1.82, 2.24) is 4.90 Å². The number of halogens is 1. The van der Waals surface area contributed by atoms with E-state index in [0.29, 0.717) is 35.8 Å². The van der Waals surface area contributed by atoms with Crippen molar-refractivity contribution in [2.75, 3.05) is 6.54 Å². The molecule has 0 spiro atoms. The fourth-order valence-corrected chi connectivity index (χ4v) is 3.24. The molecule has 1 atom stereocenters. The minimum absolute atomic E-state index is 0.0862. The molecule has 2 aromatic rings. The van der Waals surface area contributed by atoms with Crippen LogP contribution in [0.25, 0.3) is 0 Å². The van der Waals surface area contributed by atoms with E-state index in [1.165, 1.54) is 12.1 Å². The van der Waals surface area contributed by atoms with E-state index < -0.39 is 16.9 Å². The van der Waals surface area contributed by atoms with Crippen LogP contribution in [0.15, 0.2) is 42.5 Å². The van der Waals surface area contributed by atoms with E-state index in [1.54, 1.807) is 30.3 Å². The molecule has 7 nitrogen and oxygen atoms in total. The van der Waals surface area contributed by atoms with E-state index in [1.807, 2.05) is 4.90 Å². The summed E-state index contributed by atoms with van der Waals surface area (Å²) in [7, 11) is 0. The Hall–Kier alpha value is -2.64. The summed E-state index contributed by atoms with van der Waals surface area (Å²) in [4.78, 5) is 24.0. The molecule has 1 N–H and O–H groups in total. The summed E-state index contributed by atoms with van der Waals surface area (Å²) in [5, 5.41) is 21.1. The fourth-order valence-electron chi connectivity index (χ4n) is 3.07. The van der Waals surface area contributed by atoms with Crippen LogP contribution >= 0.6 is 11.6 Å². The summed E-state index contributed by atoms with van der Waals surface area (Å²) < 4.78 is 5.60. The van der Waals surface area contributed by atoms with Crippen molar-refractivity contribution in [3.63, 3.8) is 0 Å². The molecule has 1 heterocycles. The van der Waals surface area contributed by atoms with E-state index in [4.69, 9.17) is 16.3 Å². The van der Waals surface area contributed by atoms with Crippen molar-refractivity contribution < 1.29 is 19.6 Å². The lowest BCUT2D eigenvalue weighted by Crippen LogP contribution is -2.35. The number of rotatable bonds is 6. The summed E-state index contributed by atoms with van der Waals surface area (Å²) in [6, 6.07) is 10.8. The van der Waals surface area contributed by atoms with Crippen LogP contribution < -0.4 is 4.74 Å². The second-order valence-corrected chi connectivity index (χ2v) is 6.47. The zero-order valence-corrected chi connectivity index (χ0v) is 14.6. The maximum atomic E-state index is 11.4. The third kappa shape index (κ3) is 3.95. The lowest BCUT2D eigenvalue weighted by molar-refractivity contribution is -0.385. The lowest BCUT2D eigenvalue weighted by Gasteiger charge is -2.21. The molecule has 0 bridgehead atoms. The van der Waals surface area contributed by atoms with Crippen LogP contribution in [-0.4, -0.2) is 33.5 Å². The number of hydrogen-bond acceptors (Lipinski definition) is 5. The fraction of sp³-hybridized carbons (Fsp3) is 0.278. The zero-order valence-electron chi connectivity index (χ0n) is 13.8. The molecule has 1 fully saturated rings. The molecule has 1 saturated heterocycles. The van der Waals surface area contributed by atoms with Crippen LogP contribution in [0.5, 0.6) is 11.5 Å². The predicted molar refractivity (Wildman–Crippen MR) is 95.7 cm³/mol.